The number of hydrogen-bond acceptors (Lipinski definition) is 5. The number of pyridine rings is 1. The van der Waals surface area contributed by atoms with E-state index in [1.807, 2.05) is 24.3 Å². The third-order valence-corrected chi connectivity index (χ3v) is 2.83. The summed E-state index contributed by atoms with van der Waals surface area (Å²) in [5.41, 5.74) is 8.48. The van der Waals surface area contributed by atoms with Gasteiger partial charge in [-0.2, -0.15) is 9.94 Å². The molecule has 2 heterocycles. The zero-order valence-electron chi connectivity index (χ0n) is 10.4. The maximum absolute atomic E-state index is 8.92. The second kappa shape index (κ2) is 4.82. The normalized spacial score (nSPS) is 10.2. The molecule has 20 heavy (non-hydrogen) atoms. The highest BCUT2D eigenvalue weighted by Gasteiger charge is 2.13. The zero-order valence-corrected chi connectivity index (χ0v) is 10.4. The molecule has 0 saturated carbocycles. The molecule has 3 aromatic rings. The highest BCUT2D eigenvalue weighted by Crippen LogP contribution is 2.23. The molecule has 0 bridgehead atoms. The van der Waals surface area contributed by atoms with Gasteiger partial charge < -0.3 is 5.73 Å². The third kappa shape index (κ3) is 1.97. The van der Waals surface area contributed by atoms with E-state index in [-0.39, 0.29) is 0 Å². The Hall–Kier alpha value is -3.20. The fourth-order valence-electron chi connectivity index (χ4n) is 1.87. The molecule has 0 saturated heterocycles. The minimum absolute atomic E-state index is 0.388. The number of benzene rings is 1. The van der Waals surface area contributed by atoms with Crippen molar-refractivity contribution < 1.29 is 0 Å². The van der Waals surface area contributed by atoms with Crippen LogP contribution in [0.4, 0.5) is 5.82 Å². The number of nitrogens with zero attached hydrogens (tertiary/aromatic N) is 5. The topological polar surface area (TPSA) is 93.4 Å². The van der Waals surface area contributed by atoms with Crippen LogP contribution in [0.2, 0.25) is 0 Å². The van der Waals surface area contributed by atoms with Gasteiger partial charge >= 0.3 is 0 Å². The fourth-order valence-corrected chi connectivity index (χ4v) is 1.87. The Labute approximate surface area is 115 Å². The maximum Gasteiger partial charge on any atom is 0.157 e. The van der Waals surface area contributed by atoms with Crippen LogP contribution in [0.25, 0.3) is 17.1 Å². The Kier molecular flexibility index (Phi) is 2.86. The van der Waals surface area contributed by atoms with E-state index in [9.17, 15) is 0 Å². The number of nitrogen functional groups attached to an aromatic ring is 1. The summed E-state index contributed by atoms with van der Waals surface area (Å²) in [4.78, 5) is 4.20. The van der Waals surface area contributed by atoms with Gasteiger partial charge in [-0.15, -0.1) is 5.10 Å². The van der Waals surface area contributed by atoms with Gasteiger partial charge in [0.2, 0.25) is 0 Å². The molecule has 2 aromatic heterocycles. The summed E-state index contributed by atoms with van der Waals surface area (Å²) in [5.74, 6) is 0.388. The molecule has 0 spiro atoms. The van der Waals surface area contributed by atoms with E-state index in [4.69, 9.17) is 11.0 Å². The fraction of sp³-hybridized carbons (Fsp3) is 0. The van der Waals surface area contributed by atoms with E-state index in [0.717, 1.165) is 0 Å². The summed E-state index contributed by atoms with van der Waals surface area (Å²) in [7, 11) is 0. The standard InChI is InChI=1S/C14H10N6/c15-9-10-4-3-5-11(8-10)20-14(16)13(18-19-20)12-6-1-2-7-17-12/h1-8H,16H2. The molecule has 0 fully saturated rings. The minimum Gasteiger partial charge on any atom is -0.382 e. The molecule has 2 N–H and O–H groups in total. The van der Waals surface area contributed by atoms with Gasteiger partial charge in [0.1, 0.15) is 0 Å². The van der Waals surface area contributed by atoms with E-state index in [0.29, 0.717) is 28.5 Å². The van der Waals surface area contributed by atoms with Crippen LogP contribution in [0, 0.1) is 11.3 Å². The summed E-state index contributed by atoms with van der Waals surface area (Å²) >= 11 is 0. The molecule has 0 amide bonds. The lowest BCUT2D eigenvalue weighted by Gasteiger charge is -2.03. The Morgan fingerprint density at radius 2 is 2.05 bits per heavy atom. The van der Waals surface area contributed by atoms with Gasteiger partial charge in [-0.05, 0) is 30.3 Å². The number of nitrogens with two attached hydrogens (primary N) is 1. The van der Waals surface area contributed by atoms with Gasteiger partial charge in [-0.25, -0.2) is 0 Å². The van der Waals surface area contributed by atoms with Crippen LogP contribution in [0.15, 0.2) is 48.7 Å². The Morgan fingerprint density at radius 1 is 1.15 bits per heavy atom. The first-order valence-electron chi connectivity index (χ1n) is 5.92. The van der Waals surface area contributed by atoms with Gasteiger partial charge in [0.15, 0.2) is 11.5 Å². The van der Waals surface area contributed by atoms with E-state index < -0.39 is 0 Å². The largest absolute Gasteiger partial charge is 0.382 e. The number of anilines is 1. The third-order valence-electron chi connectivity index (χ3n) is 2.83. The number of rotatable bonds is 2. The van der Waals surface area contributed by atoms with Crippen LogP contribution >= 0.6 is 0 Å². The van der Waals surface area contributed by atoms with Crippen LogP contribution in [-0.4, -0.2) is 20.0 Å². The first kappa shape index (κ1) is 11.9. The molecule has 6 nitrogen and oxygen atoms in total. The molecule has 0 aliphatic carbocycles. The number of nitriles is 1. The van der Waals surface area contributed by atoms with Gasteiger partial charge in [-0.1, -0.05) is 17.3 Å². The first-order chi connectivity index (χ1) is 9.79. The number of aromatic nitrogens is 4. The van der Waals surface area contributed by atoms with Gasteiger partial charge in [0.05, 0.1) is 23.0 Å². The lowest BCUT2D eigenvalue weighted by molar-refractivity contribution is 0.810. The second-order valence-corrected chi connectivity index (χ2v) is 4.11. The zero-order chi connectivity index (χ0) is 13.9. The van der Waals surface area contributed by atoms with Gasteiger partial charge in [-0.3, -0.25) is 4.98 Å². The van der Waals surface area contributed by atoms with Crippen LogP contribution in [0.3, 0.4) is 0 Å². The lowest BCUT2D eigenvalue weighted by atomic mass is 10.2. The van der Waals surface area contributed by atoms with E-state index in [2.05, 4.69) is 21.4 Å². The lowest BCUT2D eigenvalue weighted by Crippen LogP contribution is -2.02. The van der Waals surface area contributed by atoms with Crippen LogP contribution in [-0.2, 0) is 0 Å². The highest BCUT2D eigenvalue weighted by molar-refractivity contribution is 5.67. The predicted octanol–water partition coefficient (Wildman–Crippen LogP) is 1.78. The SMILES string of the molecule is N#Cc1cccc(-n2nnc(-c3ccccn3)c2N)c1. The second-order valence-electron chi connectivity index (χ2n) is 4.11. The maximum atomic E-state index is 8.92. The molecule has 0 aliphatic heterocycles. The van der Waals surface area contributed by atoms with Crippen molar-refractivity contribution in [1.82, 2.24) is 20.0 Å². The van der Waals surface area contributed by atoms with Crippen LogP contribution < -0.4 is 5.73 Å². The van der Waals surface area contributed by atoms with Crippen LogP contribution in [0.1, 0.15) is 5.56 Å². The summed E-state index contributed by atoms with van der Waals surface area (Å²) in [6, 6.07) is 14.6. The Bertz CT molecular complexity index is 785. The van der Waals surface area contributed by atoms with E-state index >= 15 is 0 Å². The molecule has 3 rings (SSSR count). The summed E-state index contributed by atoms with van der Waals surface area (Å²) < 4.78 is 1.49. The molecule has 0 radical (unpaired) electrons. The van der Waals surface area contributed by atoms with Crippen molar-refractivity contribution in [2.24, 2.45) is 0 Å². The monoisotopic (exact) mass is 262 g/mol. The van der Waals surface area contributed by atoms with Crippen molar-refractivity contribution in [1.29, 1.82) is 5.26 Å². The summed E-state index contributed by atoms with van der Waals surface area (Å²) in [5, 5.41) is 17.0. The Morgan fingerprint density at radius 3 is 2.80 bits per heavy atom. The van der Waals surface area contributed by atoms with E-state index in [1.165, 1.54) is 4.68 Å². The summed E-state index contributed by atoms with van der Waals surface area (Å²) in [6.45, 7) is 0. The van der Waals surface area contributed by atoms with Crippen molar-refractivity contribution in [2.75, 3.05) is 5.73 Å². The van der Waals surface area contributed by atoms with Crippen molar-refractivity contribution in [3.05, 3.63) is 54.2 Å². The van der Waals surface area contributed by atoms with Crippen molar-refractivity contribution in [3.63, 3.8) is 0 Å². The average molecular weight is 262 g/mol. The van der Waals surface area contributed by atoms with Crippen LogP contribution in [0.5, 0.6) is 0 Å². The molecule has 0 atom stereocenters. The van der Waals surface area contributed by atoms with Crippen molar-refractivity contribution in [2.45, 2.75) is 0 Å². The quantitative estimate of drug-likeness (QED) is 0.759. The molecule has 6 heteroatoms. The molecular weight excluding hydrogens is 252 g/mol. The number of hydrogen-bond donors (Lipinski definition) is 1. The van der Waals surface area contributed by atoms with Gasteiger partial charge in [0.25, 0.3) is 0 Å². The smallest absolute Gasteiger partial charge is 0.157 e. The predicted molar refractivity (Wildman–Crippen MR) is 73.7 cm³/mol. The molecule has 0 aliphatic rings. The molecule has 0 unspecified atom stereocenters. The van der Waals surface area contributed by atoms with Crippen molar-refractivity contribution >= 4 is 5.82 Å². The average Bonchev–Trinajstić information content (AvgIpc) is 2.90. The Balaban J connectivity index is 2.09. The molecule has 1 aromatic carbocycles. The first-order valence-corrected chi connectivity index (χ1v) is 5.92. The summed E-state index contributed by atoms with van der Waals surface area (Å²) in [6.07, 6.45) is 1.67. The molecule has 96 valence electrons. The minimum atomic E-state index is 0.388. The highest BCUT2D eigenvalue weighted by atomic mass is 15.5. The van der Waals surface area contributed by atoms with E-state index in [1.54, 1.807) is 24.4 Å². The van der Waals surface area contributed by atoms with Crippen molar-refractivity contribution in [3.8, 4) is 23.1 Å². The van der Waals surface area contributed by atoms with Gasteiger partial charge in [0, 0.05) is 6.20 Å². The molecular formula is C14H10N6.